The first-order chi connectivity index (χ1) is 8.50. The van der Waals surface area contributed by atoms with Crippen LogP contribution >= 0.6 is 0 Å². The largest absolute Gasteiger partial charge is 0.192 e. The van der Waals surface area contributed by atoms with E-state index in [0.29, 0.717) is 0 Å². The Labute approximate surface area is 110 Å². The highest BCUT2D eigenvalue weighted by Crippen LogP contribution is 2.51. The van der Waals surface area contributed by atoms with Crippen LogP contribution in [0.3, 0.4) is 0 Å². The van der Waals surface area contributed by atoms with Crippen LogP contribution in [0.4, 0.5) is 0 Å². The summed E-state index contributed by atoms with van der Waals surface area (Å²) in [7, 11) is 0. The maximum atomic E-state index is 9.23. The molecule has 1 aromatic rings. The van der Waals surface area contributed by atoms with Gasteiger partial charge in [0.25, 0.3) is 0 Å². The van der Waals surface area contributed by atoms with Crippen LogP contribution in [-0.2, 0) is 5.41 Å². The van der Waals surface area contributed by atoms with Crippen molar-refractivity contribution in [2.45, 2.75) is 63.7 Å². The summed E-state index contributed by atoms with van der Waals surface area (Å²) in [6.45, 7) is 6.93. The molecule has 0 saturated heterocycles. The van der Waals surface area contributed by atoms with Crippen LogP contribution in [0.5, 0.6) is 0 Å². The molecule has 1 aromatic carbocycles. The Kier molecular flexibility index (Phi) is 2.52. The lowest BCUT2D eigenvalue weighted by Crippen LogP contribution is -2.17. The van der Waals surface area contributed by atoms with Gasteiger partial charge in [-0.15, -0.1) is 0 Å². The third kappa shape index (κ3) is 2.05. The zero-order chi connectivity index (χ0) is 12.9. The Balaban J connectivity index is 2.21. The molecular weight excluding hydrogens is 218 g/mol. The van der Waals surface area contributed by atoms with Crippen LogP contribution in [0.2, 0.25) is 0 Å². The van der Waals surface area contributed by atoms with Crippen molar-refractivity contribution in [3.63, 3.8) is 0 Å². The molecule has 3 rings (SSSR count). The molecule has 0 bridgehead atoms. The van der Waals surface area contributed by atoms with Crippen LogP contribution in [-0.4, -0.2) is 0 Å². The number of hydrogen-bond donors (Lipinski definition) is 0. The second kappa shape index (κ2) is 3.85. The number of rotatable bonds is 2. The standard InChI is InChI=1S/C17H21N/c1-17(2,3)16-14(12-4-5-12)8-11(10-18)9-15(16)13-6-7-13/h8-9,12-13H,4-7H2,1-3H3. The van der Waals surface area contributed by atoms with Crippen molar-refractivity contribution < 1.29 is 0 Å². The molecule has 1 heteroatoms. The maximum Gasteiger partial charge on any atom is 0.0991 e. The third-order valence-electron chi connectivity index (χ3n) is 4.11. The lowest BCUT2D eigenvalue weighted by atomic mass is 9.77. The monoisotopic (exact) mass is 239 g/mol. The molecule has 2 aliphatic carbocycles. The smallest absolute Gasteiger partial charge is 0.0991 e. The van der Waals surface area contributed by atoms with Gasteiger partial charge < -0.3 is 0 Å². The van der Waals surface area contributed by atoms with Gasteiger partial charge in [-0.05, 0) is 71.8 Å². The van der Waals surface area contributed by atoms with Gasteiger partial charge in [-0.25, -0.2) is 0 Å². The van der Waals surface area contributed by atoms with Crippen molar-refractivity contribution in [3.8, 4) is 6.07 Å². The van der Waals surface area contributed by atoms with E-state index in [2.05, 4.69) is 39.0 Å². The van der Waals surface area contributed by atoms with E-state index in [1.807, 2.05) is 0 Å². The van der Waals surface area contributed by atoms with E-state index in [4.69, 9.17) is 0 Å². The van der Waals surface area contributed by atoms with Gasteiger partial charge >= 0.3 is 0 Å². The zero-order valence-corrected chi connectivity index (χ0v) is 11.6. The lowest BCUT2D eigenvalue weighted by molar-refractivity contribution is 0.574. The van der Waals surface area contributed by atoms with Crippen molar-refractivity contribution in [3.05, 3.63) is 34.4 Å². The number of hydrogen-bond acceptors (Lipinski definition) is 1. The van der Waals surface area contributed by atoms with Gasteiger partial charge in [0.1, 0.15) is 0 Å². The van der Waals surface area contributed by atoms with E-state index < -0.39 is 0 Å². The van der Waals surface area contributed by atoms with E-state index in [1.54, 1.807) is 5.56 Å². The Hall–Kier alpha value is -1.29. The van der Waals surface area contributed by atoms with Gasteiger partial charge in [-0.2, -0.15) is 5.26 Å². The van der Waals surface area contributed by atoms with Crippen molar-refractivity contribution in [2.75, 3.05) is 0 Å². The molecule has 0 spiro atoms. The van der Waals surface area contributed by atoms with Crippen molar-refractivity contribution in [2.24, 2.45) is 0 Å². The molecule has 0 aliphatic heterocycles. The van der Waals surface area contributed by atoms with Gasteiger partial charge in [0.15, 0.2) is 0 Å². The highest BCUT2D eigenvalue weighted by Gasteiger charge is 2.36. The van der Waals surface area contributed by atoms with E-state index in [1.165, 1.54) is 36.8 Å². The number of benzene rings is 1. The first-order valence-electron chi connectivity index (χ1n) is 7.09. The number of nitrogens with zero attached hydrogens (tertiary/aromatic N) is 1. The van der Waals surface area contributed by atoms with Crippen LogP contribution in [0.1, 0.15) is 80.5 Å². The molecule has 18 heavy (non-hydrogen) atoms. The SMILES string of the molecule is CC(C)(C)c1c(C2CC2)cc(C#N)cc1C1CC1. The van der Waals surface area contributed by atoms with Gasteiger partial charge in [-0.1, -0.05) is 20.8 Å². The lowest BCUT2D eigenvalue weighted by Gasteiger charge is -2.27. The fourth-order valence-electron chi connectivity index (χ4n) is 3.05. The summed E-state index contributed by atoms with van der Waals surface area (Å²) in [5.41, 5.74) is 5.56. The minimum atomic E-state index is 0.198. The van der Waals surface area contributed by atoms with Gasteiger partial charge in [-0.3, -0.25) is 0 Å². The fourth-order valence-corrected chi connectivity index (χ4v) is 3.05. The highest BCUT2D eigenvalue weighted by atomic mass is 14.4. The van der Waals surface area contributed by atoms with Crippen LogP contribution in [0, 0.1) is 11.3 Å². The molecule has 0 unspecified atom stereocenters. The molecule has 0 aromatic heterocycles. The highest BCUT2D eigenvalue weighted by molar-refractivity contribution is 5.51. The topological polar surface area (TPSA) is 23.8 Å². The van der Waals surface area contributed by atoms with Crippen LogP contribution in [0.25, 0.3) is 0 Å². The summed E-state index contributed by atoms with van der Waals surface area (Å²) in [4.78, 5) is 0. The predicted octanol–water partition coefficient (Wildman–Crippen LogP) is 4.61. The van der Waals surface area contributed by atoms with Crippen LogP contribution < -0.4 is 0 Å². The summed E-state index contributed by atoms with van der Waals surface area (Å²) in [6, 6.07) is 6.67. The molecular formula is C17H21N. The van der Waals surface area contributed by atoms with Gasteiger partial charge in [0.05, 0.1) is 11.6 Å². The molecule has 0 atom stereocenters. The first kappa shape index (κ1) is 11.8. The average Bonchev–Trinajstić information content (AvgIpc) is 3.18. The molecule has 0 N–H and O–H groups in total. The minimum Gasteiger partial charge on any atom is -0.192 e. The molecule has 94 valence electrons. The first-order valence-corrected chi connectivity index (χ1v) is 7.09. The van der Waals surface area contributed by atoms with E-state index >= 15 is 0 Å². The van der Waals surface area contributed by atoms with E-state index in [9.17, 15) is 5.26 Å². The second-order valence-electron chi connectivity index (χ2n) is 6.94. The van der Waals surface area contributed by atoms with Gasteiger partial charge in [0, 0.05) is 0 Å². The summed E-state index contributed by atoms with van der Waals surface area (Å²) in [5.74, 6) is 1.45. The maximum absolute atomic E-state index is 9.23. The predicted molar refractivity (Wildman–Crippen MR) is 73.8 cm³/mol. The van der Waals surface area contributed by atoms with Crippen molar-refractivity contribution in [1.82, 2.24) is 0 Å². The third-order valence-corrected chi connectivity index (χ3v) is 4.11. The minimum absolute atomic E-state index is 0.198. The molecule has 0 heterocycles. The summed E-state index contributed by atoms with van der Waals surface area (Å²) in [6.07, 6.45) is 5.23. The quantitative estimate of drug-likeness (QED) is 0.739. The molecule has 2 fully saturated rings. The summed E-state index contributed by atoms with van der Waals surface area (Å²) in [5, 5.41) is 9.23. The van der Waals surface area contributed by atoms with Crippen molar-refractivity contribution >= 4 is 0 Å². The van der Waals surface area contributed by atoms with Crippen molar-refractivity contribution in [1.29, 1.82) is 5.26 Å². The molecule has 2 aliphatic rings. The molecule has 1 nitrogen and oxygen atoms in total. The zero-order valence-electron chi connectivity index (χ0n) is 11.6. The fraction of sp³-hybridized carbons (Fsp3) is 0.588. The normalized spacial score (nSPS) is 19.7. The Morgan fingerprint density at radius 1 is 1.00 bits per heavy atom. The number of nitriles is 1. The Morgan fingerprint density at radius 2 is 1.44 bits per heavy atom. The summed E-state index contributed by atoms with van der Waals surface area (Å²) >= 11 is 0. The average molecular weight is 239 g/mol. The Morgan fingerprint density at radius 3 is 1.72 bits per heavy atom. The second-order valence-corrected chi connectivity index (χ2v) is 6.94. The summed E-state index contributed by atoms with van der Waals surface area (Å²) < 4.78 is 0. The van der Waals surface area contributed by atoms with Gasteiger partial charge in [0.2, 0.25) is 0 Å². The molecule has 0 amide bonds. The Bertz CT molecular complexity index is 487. The van der Waals surface area contributed by atoms with E-state index in [-0.39, 0.29) is 5.41 Å². The van der Waals surface area contributed by atoms with E-state index in [0.717, 1.165) is 17.4 Å². The molecule has 0 radical (unpaired) electrons. The van der Waals surface area contributed by atoms with Crippen LogP contribution in [0.15, 0.2) is 12.1 Å². The molecule has 2 saturated carbocycles.